The zero-order valence-electron chi connectivity index (χ0n) is 65.5. The predicted molar refractivity (Wildman–Crippen MR) is 404 cm³/mol. The molecular weight excluding hydrogens is 1950 g/mol. The Balaban J connectivity index is -0.000000332. The molecule has 0 saturated heterocycles. The summed E-state index contributed by atoms with van der Waals surface area (Å²) in [6.07, 6.45) is 12.2. The summed E-state index contributed by atoms with van der Waals surface area (Å²) < 4.78 is 87.8. The van der Waals surface area contributed by atoms with Crippen molar-refractivity contribution < 1.29 is 251 Å². The molecule has 0 fully saturated rings. The summed E-state index contributed by atoms with van der Waals surface area (Å²) in [5, 5.41) is 113. The van der Waals surface area contributed by atoms with Gasteiger partial charge in [0.15, 0.2) is 0 Å². The van der Waals surface area contributed by atoms with E-state index in [0.29, 0.717) is 120 Å². The number of carboxylic acid groups (broad SMARTS) is 2. The number of hydrogen-bond acceptors (Lipinski definition) is 32. The monoisotopic (exact) mass is 2020 g/mol. The third-order valence-corrected chi connectivity index (χ3v) is 13.9. The summed E-state index contributed by atoms with van der Waals surface area (Å²) in [7, 11) is -4.05. The second kappa shape index (κ2) is 71.8. The van der Waals surface area contributed by atoms with Crippen LogP contribution in [0.2, 0.25) is 0 Å². The van der Waals surface area contributed by atoms with E-state index in [1.165, 1.54) is 102 Å². The standard InChI is InChI=1S/4C17H18N2O3.2C7H6O2.2ClHO4.4Cu.2Mn.2H2O/c4*1-22-16-8-4-6-14(17(16)21)12-19-10-9-18-11-13-5-2-3-7-15(13)20;2*8-7(9)6-4-2-1-3-5-6;2*2-1(3,4)5;;;;;;;;/h4*2-8,11-12,20-21H,9-10H2,1H3;2*1-5H,(H,8,9);2*(H,2,3,4,5);;;;;;;2*1H2/q;;;;;;;;6*+2;;/p-10. The zero-order chi connectivity index (χ0) is 85.5. The van der Waals surface area contributed by atoms with Gasteiger partial charge < -0.3 is 90.6 Å². The molecule has 0 saturated carbocycles. The molecule has 0 aliphatic rings. The molecule has 0 aliphatic carbocycles. The van der Waals surface area contributed by atoms with E-state index in [1.807, 2.05) is 0 Å². The number of aromatic carboxylic acids is 2. The summed E-state index contributed by atoms with van der Waals surface area (Å²) in [6, 6.07) is 63.1. The molecule has 0 aliphatic heterocycles. The van der Waals surface area contributed by atoms with Crippen LogP contribution >= 0.6 is 0 Å². The second-order valence-corrected chi connectivity index (χ2v) is 23.5. The zero-order valence-corrected chi connectivity index (χ0v) is 73.1. The number of rotatable bonds is 26. The molecule has 0 bridgehead atoms. The Hall–Kier alpha value is -10.6. The van der Waals surface area contributed by atoms with Crippen molar-refractivity contribution in [2.45, 2.75) is 0 Å². The fourth-order valence-corrected chi connectivity index (χ4v) is 8.44. The summed E-state index contributed by atoms with van der Waals surface area (Å²) in [5.41, 5.74) is 4.59. The number of carbonyl (C=O) groups is 2. The summed E-state index contributed by atoms with van der Waals surface area (Å²) in [6.45, 7) is 3.54. The number of carboxylic acids is 2. The minimum absolute atomic E-state index is 0. The van der Waals surface area contributed by atoms with Crippen LogP contribution in [0.5, 0.6) is 69.0 Å². The molecule has 0 atom stereocenters. The van der Waals surface area contributed by atoms with Crippen molar-refractivity contribution >= 4 is 61.7 Å². The maximum absolute atomic E-state index is 11.9. The van der Waals surface area contributed by atoms with E-state index in [2.05, 4.69) is 39.9 Å². The fraction of sp³-hybridized carbons (Fsp3) is 0.146. The van der Waals surface area contributed by atoms with E-state index in [0.717, 1.165) is 0 Å². The first-order valence-corrected chi connectivity index (χ1v) is 36.1. The van der Waals surface area contributed by atoms with Gasteiger partial charge in [0.1, 0.15) is 23.0 Å². The number of methoxy groups -OCH3 is 4. The van der Waals surface area contributed by atoms with Gasteiger partial charge >= 0.3 is 102 Å². The Morgan fingerprint density at radius 3 is 0.548 bits per heavy atom. The largest absolute Gasteiger partial charge is 2.00 e. The minimum Gasteiger partial charge on any atom is -0.872 e. The molecule has 10 aromatic carbocycles. The van der Waals surface area contributed by atoms with Gasteiger partial charge in [0.25, 0.3) is 0 Å². The average molecular weight is 2030 g/mol. The van der Waals surface area contributed by atoms with Crippen LogP contribution < -0.4 is 107 Å². The van der Waals surface area contributed by atoms with Gasteiger partial charge in [0.2, 0.25) is 0 Å². The van der Waals surface area contributed by atoms with Crippen LogP contribution in [0.1, 0.15) is 65.2 Å². The van der Waals surface area contributed by atoms with E-state index in [-0.39, 0.29) is 170 Å². The molecule has 0 aromatic heterocycles. The quantitative estimate of drug-likeness (QED) is 0.0211. The topological polar surface area (TPSA) is 651 Å². The van der Waals surface area contributed by atoms with Crippen LogP contribution in [0.4, 0.5) is 0 Å². The minimum atomic E-state index is -4.94. The normalized spacial score (nSPS) is 10.3. The van der Waals surface area contributed by atoms with Crippen LogP contribution in [0.25, 0.3) is 0 Å². The molecule has 674 valence electrons. The smallest absolute Gasteiger partial charge is 0.872 e. The maximum Gasteiger partial charge on any atom is 2.00 e. The maximum atomic E-state index is 11.9. The van der Waals surface area contributed by atoms with Crippen molar-refractivity contribution in [1.82, 2.24) is 0 Å². The van der Waals surface area contributed by atoms with E-state index in [1.54, 1.807) is 207 Å². The molecule has 0 spiro atoms. The number of nitrogens with zero attached hydrogens (tertiary/aromatic N) is 8. The molecular formula is C82H80Cl2Cu4Mn2N8O26+2. The van der Waals surface area contributed by atoms with E-state index >= 15 is 0 Å². The Bertz CT molecular complexity index is 4310. The van der Waals surface area contributed by atoms with Crippen molar-refractivity contribution in [2.24, 2.45) is 39.9 Å². The number of halogens is 2. The van der Waals surface area contributed by atoms with Gasteiger partial charge in [0.05, 0.1) is 92.7 Å². The average Bonchev–Trinajstić information content (AvgIpc) is 0.877. The van der Waals surface area contributed by atoms with E-state index in [9.17, 15) is 60.7 Å². The van der Waals surface area contributed by atoms with Gasteiger partial charge in [-0.2, -0.15) is 0 Å². The summed E-state index contributed by atoms with van der Waals surface area (Å²) in [5.74, 6) is -2.00. The van der Waals surface area contributed by atoms with Crippen LogP contribution in [-0.4, -0.2) is 142 Å². The van der Waals surface area contributed by atoms with Gasteiger partial charge in [0, 0.05) is 49.7 Å². The summed E-state index contributed by atoms with van der Waals surface area (Å²) >= 11 is 0. The van der Waals surface area contributed by atoms with Gasteiger partial charge in [-0.25, -0.2) is 37.3 Å². The molecule has 6 radical (unpaired) electrons. The van der Waals surface area contributed by atoms with Gasteiger partial charge in [-0.1, -0.05) is 229 Å². The Morgan fingerprint density at radius 2 is 0.403 bits per heavy atom. The van der Waals surface area contributed by atoms with Crippen LogP contribution in [0.15, 0.2) is 270 Å². The SMILES string of the molecule is COc1cccc(C=NCCN=Cc2ccccc2[O-])c1[O-].COc1cccc(C=NCCN=Cc2ccccc2[O-])c1[O-].COc1cccc(C=NCCN=Cc2ccccc2[O-])c1[O-].COc1cccc(C=NCCN=Cc2ccccc2[O-])c1[O-].O=C([O-])c1ccccc1.O=C([O-])c1ccccc1.[Cu+2].[Cu+2].[Cu+2].[Cu+2].[Mn+2].[Mn+2].[O-][Cl+3]([O-])([O-])[O-].[O-][Cl+3]([O-])([O-])[O-].[OH3+].[OH3+]. The van der Waals surface area contributed by atoms with Crippen LogP contribution in [0, 0.1) is 20.5 Å². The Labute approximate surface area is 782 Å². The first-order valence-electron chi connectivity index (χ1n) is 33.6. The summed E-state index contributed by atoms with van der Waals surface area (Å²) in [4.78, 5) is 53.4. The Kier molecular flexibility index (Phi) is 71.9. The van der Waals surface area contributed by atoms with Crippen molar-refractivity contribution in [2.75, 3.05) is 80.8 Å². The van der Waals surface area contributed by atoms with Gasteiger partial charge in [-0.05, 0) is 79.9 Å². The molecule has 0 heterocycles. The number of benzene rings is 10. The van der Waals surface area contributed by atoms with Crippen LogP contribution in [-0.2, 0) is 113 Å². The van der Waals surface area contributed by atoms with Crippen molar-refractivity contribution in [1.29, 1.82) is 0 Å². The predicted octanol–water partition coefficient (Wildman–Crippen LogP) is -5.75. The van der Waals surface area contributed by atoms with Crippen molar-refractivity contribution in [3.8, 4) is 69.0 Å². The number of hydrogen-bond donors (Lipinski definition) is 0. The molecule has 10 aromatic rings. The molecule has 0 amide bonds. The number of ether oxygens (including phenoxy) is 4. The molecule has 42 heteroatoms. The van der Waals surface area contributed by atoms with Gasteiger partial charge in [-0.15, -0.1) is 43.5 Å². The molecule has 124 heavy (non-hydrogen) atoms. The molecule has 6 N–H and O–H groups in total. The third-order valence-electron chi connectivity index (χ3n) is 13.9. The molecule has 10 rings (SSSR count). The first-order chi connectivity index (χ1) is 55.5. The van der Waals surface area contributed by atoms with Crippen LogP contribution in [0.3, 0.4) is 0 Å². The number of carbonyl (C=O) groups excluding carboxylic acids is 2. The fourth-order valence-electron chi connectivity index (χ4n) is 8.44. The molecule has 0 unspecified atom stereocenters. The Morgan fingerprint density at radius 1 is 0.258 bits per heavy atom. The number of para-hydroxylation sites is 8. The van der Waals surface area contributed by atoms with E-state index < -0.39 is 32.4 Å². The number of aliphatic imine (C=N–C) groups is 8. The van der Waals surface area contributed by atoms with Crippen molar-refractivity contribution in [3.63, 3.8) is 0 Å². The second-order valence-electron chi connectivity index (χ2n) is 22.0. The van der Waals surface area contributed by atoms with Gasteiger partial charge in [-0.3, -0.25) is 39.9 Å². The first kappa shape index (κ1) is 124. The van der Waals surface area contributed by atoms with Crippen molar-refractivity contribution in [3.05, 3.63) is 286 Å². The third kappa shape index (κ3) is 54.8. The van der Waals surface area contributed by atoms with E-state index in [4.69, 9.17) is 56.2 Å². The molecule has 34 nitrogen and oxygen atoms in total.